The zero-order chi connectivity index (χ0) is 21.3. The van der Waals surface area contributed by atoms with Gasteiger partial charge in [-0.3, -0.25) is 9.89 Å². The summed E-state index contributed by atoms with van der Waals surface area (Å²) in [4.78, 5) is 10.7. The Morgan fingerprint density at radius 1 is 1.23 bits per heavy atom. The number of ether oxygens (including phenoxy) is 2. The van der Waals surface area contributed by atoms with Crippen LogP contribution in [0.1, 0.15) is 26.3 Å². The molecule has 0 amide bonds. The fraction of sp³-hybridized carbons (Fsp3) is 0.684. The Bertz CT molecular complexity index is 651. The first kappa shape index (κ1) is 26.7. The SMILES string of the molecule is CCNC(=NCC(C)(C)N1CCOCC1)NCCOc1ccc(C(F)(F)F)cn1.I. The molecule has 2 heterocycles. The standard InChI is InChI=1S/C19H30F3N5O2.HI/c1-4-23-17(26-14-18(2,3)27-8-11-28-12-9-27)24-7-10-29-16-6-5-15(13-25-16)19(20,21)22;/h5-6,13H,4,7-12,14H2,1-3H3,(H2,23,24,26);1H. The molecule has 0 spiro atoms. The Hall–Kier alpha value is -1.34. The molecule has 7 nitrogen and oxygen atoms in total. The van der Waals surface area contributed by atoms with Crippen molar-refractivity contribution < 1.29 is 22.6 Å². The zero-order valence-electron chi connectivity index (χ0n) is 17.6. The fourth-order valence-corrected chi connectivity index (χ4v) is 2.84. The van der Waals surface area contributed by atoms with E-state index in [1.54, 1.807) is 0 Å². The molecule has 0 aromatic carbocycles. The zero-order valence-corrected chi connectivity index (χ0v) is 19.9. The smallest absolute Gasteiger partial charge is 0.417 e. The van der Waals surface area contributed by atoms with Crippen molar-refractivity contribution in [1.82, 2.24) is 20.5 Å². The summed E-state index contributed by atoms with van der Waals surface area (Å²) in [6.07, 6.45) is -3.64. The number of hydrogen-bond donors (Lipinski definition) is 2. The largest absolute Gasteiger partial charge is 0.476 e. The molecular formula is C19H31F3IN5O2. The Balaban J connectivity index is 0.00000450. The normalized spacial score (nSPS) is 16.0. The third-order valence-electron chi connectivity index (χ3n) is 4.54. The number of alkyl halides is 3. The molecule has 0 unspecified atom stereocenters. The summed E-state index contributed by atoms with van der Waals surface area (Å²) < 4.78 is 48.4. The van der Waals surface area contributed by atoms with Crippen LogP contribution < -0.4 is 15.4 Å². The van der Waals surface area contributed by atoms with Gasteiger partial charge in [-0.05, 0) is 26.8 Å². The minimum Gasteiger partial charge on any atom is -0.476 e. The average molecular weight is 545 g/mol. The van der Waals surface area contributed by atoms with Crippen molar-refractivity contribution in [1.29, 1.82) is 0 Å². The second kappa shape index (κ2) is 12.5. The highest BCUT2D eigenvalue weighted by Gasteiger charge is 2.30. The van der Waals surface area contributed by atoms with Crippen LogP contribution in [0.3, 0.4) is 0 Å². The number of aliphatic imine (C=N–C) groups is 1. The van der Waals surface area contributed by atoms with Crippen molar-refractivity contribution in [3.8, 4) is 5.88 Å². The maximum atomic E-state index is 12.5. The summed E-state index contributed by atoms with van der Waals surface area (Å²) >= 11 is 0. The van der Waals surface area contributed by atoms with Gasteiger partial charge in [-0.25, -0.2) is 4.98 Å². The number of guanidine groups is 1. The van der Waals surface area contributed by atoms with Gasteiger partial charge in [0.25, 0.3) is 0 Å². The van der Waals surface area contributed by atoms with Crippen molar-refractivity contribution in [2.24, 2.45) is 4.99 Å². The molecule has 1 aromatic heterocycles. The molecule has 0 atom stereocenters. The second-order valence-electron chi connectivity index (χ2n) is 7.27. The predicted molar refractivity (Wildman–Crippen MR) is 121 cm³/mol. The summed E-state index contributed by atoms with van der Waals surface area (Å²) in [5.41, 5.74) is -0.889. The van der Waals surface area contributed by atoms with E-state index in [9.17, 15) is 13.2 Å². The highest BCUT2D eigenvalue weighted by atomic mass is 127. The van der Waals surface area contributed by atoms with Crippen LogP contribution in [-0.2, 0) is 10.9 Å². The van der Waals surface area contributed by atoms with Gasteiger partial charge in [-0.1, -0.05) is 0 Å². The number of nitrogens with zero attached hydrogens (tertiary/aromatic N) is 3. The summed E-state index contributed by atoms with van der Waals surface area (Å²) in [6.45, 7) is 11.6. The van der Waals surface area contributed by atoms with Gasteiger partial charge in [0.2, 0.25) is 5.88 Å². The van der Waals surface area contributed by atoms with Crippen molar-refractivity contribution in [2.75, 3.05) is 52.5 Å². The van der Waals surface area contributed by atoms with Gasteiger partial charge < -0.3 is 20.1 Å². The molecule has 1 aromatic rings. The third kappa shape index (κ3) is 8.80. The first-order valence-electron chi connectivity index (χ1n) is 9.73. The fourth-order valence-electron chi connectivity index (χ4n) is 2.84. The van der Waals surface area contributed by atoms with E-state index in [-0.39, 0.29) is 42.0 Å². The molecule has 1 aliphatic heterocycles. The van der Waals surface area contributed by atoms with Crippen LogP contribution in [0.25, 0.3) is 0 Å². The van der Waals surface area contributed by atoms with Gasteiger partial charge in [-0.2, -0.15) is 13.2 Å². The lowest BCUT2D eigenvalue weighted by molar-refractivity contribution is -0.137. The first-order valence-corrected chi connectivity index (χ1v) is 9.73. The van der Waals surface area contributed by atoms with Crippen LogP contribution in [0.15, 0.2) is 23.3 Å². The van der Waals surface area contributed by atoms with E-state index >= 15 is 0 Å². The molecule has 11 heteroatoms. The Kier molecular flexibility index (Phi) is 11.1. The van der Waals surface area contributed by atoms with Crippen molar-refractivity contribution >= 4 is 29.9 Å². The van der Waals surface area contributed by atoms with Crippen LogP contribution in [-0.4, -0.2) is 73.9 Å². The van der Waals surface area contributed by atoms with Crippen molar-refractivity contribution in [3.63, 3.8) is 0 Å². The van der Waals surface area contributed by atoms with E-state index in [4.69, 9.17) is 9.47 Å². The molecule has 0 saturated carbocycles. The molecule has 0 radical (unpaired) electrons. The maximum absolute atomic E-state index is 12.5. The van der Waals surface area contributed by atoms with E-state index in [0.29, 0.717) is 25.6 Å². The van der Waals surface area contributed by atoms with Gasteiger partial charge in [0.05, 0.1) is 31.9 Å². The van der Waals surface area contributed by atoms with Crippen LogP contribution in [0.5, 0.6) is 5.88 Å². The maximum Gasteiger partial charge on any atom is 0.417 e. The molecule has 30 heavy (non-hydrogen) atoms. The van der Waals surface area contributed by atoms with Gasteiger partial charge >= 0.3 is 6.18 Å². The summed E-state index contributed by atoms with van der Waals surface area (Å²) in [5.74, 6) is 0.813. The quantitative estimate of drug-likeness (QED) is 0.227. The Morgan fingerprint density at radius 2 is 1.93 bits per heavy atom. The Labute approximate surface area is 192 Å². The number of morpholine rings is 1. The monoisotopic (exact) mass is 545 g/mol. The molecule has 2 rings (SSSR count). The number of halogens is 4. The first-order chi connectivity index (χ1) is 13.7. The van der Waals surface area contributed by atoms with Crippen LogP contribution in [0, 0.1) is 0 Å². The van der Waals surface area contributed by atoms with Crippen LogP contribution >= 0.6 is 24.0 Å². The lowest BCUT2D eigenvalue weighted by Gasteiger charge is -2.39. The van der Waals surface area contributed by atoms with Gasteiger partial charge in [0.1, 0.15) is 6.61 Å². The lowest BCUT2D eigenvalue weighted by Crippen LogP contribution is -2.52. The summed E-state index contributed by atoms with van der Waals surface area (Å²) in [6, 6.07) is 2.17. The molecule has 1 fully saturated rings. The highest BCUT2D eigenvalue weighted by Crippen LogP contribution is 2.29. The lowest BCUT2D eigenvalue weighted by atomic mass is 10.0. The number of aromatic nitrogens is 1. The van der Waals surface area contributed by atoms with Gasteiger partial charge in [-0.15, -0.1) is 24.0 Å². The topological polar surface area (TPSA) is 71.0 Å². The number of hydrogen-bond acceptors (Lipinski definition) is 5. The Morgan fingerprint density at radius 3 is 2.50 bits per heavy atom. The molecule has 1 saturated heterocycles. The number of pyridine rings is 1. The molecule has 172 valence electrons. The minimum absolute atomic E-state index is 0. The molecule has 2 N–H and O–H groups in total. The highest BCUT2D eigenvalue weighted by molar-refractivity contribution is 14.0. The number of rotatable bonds is 8. The molecular weight excluding hydrogens is 514 g/mol. The van der Waals surface area contributed by atoms with E-state index < -0.39 is 11.7 Å². The van der Waals surface area contributed by atoms with Crippen LogP contribution in [0.2, 0.25) is 0 Å². The van der Waals surface area contributed by atoms with E-state index in [1.807, 2.05) is 6.92 Å². The van der Waals surface area contributed by atoms with Crippen molar-refractivity contribution in [2.45, 2.75) is 32.5 Å². The molecule has 0 aliphatic carbocycles. The van der Waals surface area contributed by atoms with Gasteiger partial charge in [0.15, 0.2) is 5.96 Å². The predicted octanol–water partition coefficient (Wildman–Crippen LogP) is 2.76. The minimum atomic E-state index is -4.40. The third-order valence-corrected chi connectivity index (χ3v) is 4.54. The van der Waals surface area contributed by atoms with Crippen LogP contribution in [0.4, 0.5) is 13.2 Å². The second-order valence-corrected chi connectivity index (χ2v) is 7.27. The number of nitrogens with one attached hydrogen (secondary N) is 2. The van der Waals surface area contributed by atoms with E-state index in [1.165, 1.54) is 6.07 Å². The van der Waals surface area contributed by atoms with Gasteiger partial charge in [0, 0.05) is 37.4 Å². The average Bonchev–Trinajstić information content (AvgIpc) is 2.69. The van der Waals surface area contributed by atoms with E-state index in [2.05, 4.69) is 39.4 Å². The molecule has 1 aliphatic rings. The summed E-state index contributed by atoms with van der Waals surface area (Å²) in [7, 11) is 0. The van der Waals surface area contributed by atoms with E-state index in [0.717, 1.165) is 38.6 Å². The molecule has 0 bridgehead atoms. The summed E-state index contributed by atoms with van der Waals surface area (Å²) in [5, 5.41) is 6.35. The van der Waals surface area contributed by atoms with Crippen molar-refractivity contribution in [3.05, 3.63) is 23.9 Å².